The van der Waals surface area contributed by atoms with E-state index in [9.17, 15) is 13.2 Å². The maximum absolute atomic E-state index is 11.4. The third kappa shape index (κ3) is 1.98. The van der Waals surface area contributed by atoms with Crippen molar-refractivity contribution < 1.29 is 18.3 Å². The Morgan fingerprint density at radius 2 is 2.29 bits per heavy atom. The predicted molar refractivity (Wildman–Crippen MR) is 55.1 cm³/mol. The van der Waals surface area contributed by atoms with Crippen LogP contribution in [0.1, 0.15) is 6.92 Å². The summed E-state index contributed by atoms with van der Waals surface area (Å²) >= 11 is 1.41. The van der Waals surface area contributed by atoms with Crippen LogP contribution in [0.5, 0.6) is 0 Å². The lowest BCUT2D eigenvalue weighted by molar-refractivity contribution is -0.129. The van der Waals surface area contributed by atoms with E-state index in [2.05, 4.69) is 4.99 Å². The number of carboxylic acids is 1. The van der Waals surface area contributed by atoms with Crippen LogP contribution in [-0.4, -0.2) is 36.0 Å². The summed E-state index contributed by atoms with van der Waals surface area (Å²) in [7, 11) is -3.81. The molecule has 0 aromatic carbocycles. The first kappa shape index (κ1) is 11.3. The van der Waals surface area contributed by atoms with Crippen molar-refractivity contribution >= 4 is 32.6 Å². The fraction of sp³-hybridized carbons (Fsp3) is 0.429. The molecule has 1 heterocycles. The van der Waals surface area contributed by atoms with E-state index >= 15 is 0 Å². The number of rotatable bonds is 4. The summed E-state index contributed by atoms with van der Waals surface area (Å²) in [6.07, 6.45) is 1.11. The van der Waals surface area contributed by atoms with Gasteiger partial charge in [0.25, 0.3) is 0 Å². The average molecular weight is 235 g/mol. The monoisotopic (exact) mass is 235 g/mol. The zero-order chi connectivity index (χ0) is 10.8. The van der Waals surface area contributed by atoms with Gasteiger partial charge in [-0.1, -0.05) is 6.92 Å². The van der Waals surface area contributed by atoms with Gasteiger partial charge < -0.3 is 5.11 Å². The predicted octanol–water partition coefficient (Wildman–Crippen LogP) is 0.492. The summed E-state index contributed by atoms with van der Waals surface area (Å²) in [6, 6.07) is 0. The highest BCUT2D eigenvalue weighted by molar-refractivity contribution is 8.12. The van der Waals surface area contributed by atoms with Gasteiger partial charge in [-0.25, -0.2) is 18.2 Å². The van der Waals surface area contributed by atoms with E-state index in [1.165, 1.54) is 11.8 Å². The highest BCUT2D eigenvalue weighted by Gasteiger charge is 2.34. The number of hydrogen-bond acceptors (Lipinski definition) is 5. The molecule has 0 aromatic rings. The van der Waals surface area contributed by atoms with Crippen LogP contribution >= 0.6 is 11.8 Å². The van der Waals surface area contributed by atoms with Crippen LogP contribution in [0.2, 0.25) is 0 Å². The summed E-state index contributed by atoms with van der Waals surface area (Å²) in [4.78, 5) is 13.9. The number of aliphatic carboxylic acids is 1. The first-order valence-electron chi connectivity index (χ1n) is 3.83. The molecule has 0 amide bonds. The van der Waals surface area contributed by atoms with Gasteiger partial charge in [-0.3, -0.25) is 0 Å². The van der Waals surface area contributed by atoms with Crippen LogP contribution in [0.3, 0.4) is 0 Å². The Labute approximate surface area is 85.8 Å². The van der Waals surface area contributed by atoms with Gasteiger partial charge in [-0.2, -0.15) is 11.8 Å². The second-order valence-electron chi connectivity index (χ2n) is 2.48. The van der Waals surface area contributed by atoms with E-state index in [4.69, 9.17) is 5.11 Å². The van der Waals surface area contributed by atoms with Crippen LogP contribution in [0.4, 0.5) is 0 Å². The van der Waals surface area contributed by atoms with Crippen LogP contribution in [0.25, 0.3) is 0 Å². The van der Waals surface area contributed by atoms with E-state index in [0.717, 1.165) is 12.0 Å². The number of carboxylic acid groups (broad SMARTS) is 1. The van der Waals surface area contributed by atoms with E-state index in [-0.39, 0.29) is 10.7 Å². The highest BCUT2D eigenvalue weighted by Crippen LogP contribution is 2.21. The van der Waals surface area contributed by atoms with Crippen molar-refractivity contribution in [3.63, 3.8) is 0 Å². The fourth-order valence-corrected chi connectivity index (χ4v) is 3.09. The van der Waals surface area contributed by atoms with Crippen molar-refractivity contribution in [2.24, 2.45) is 4.99 Å². The molecule has 0 aliphatic carbocycles. The molecule has 0 fully saturated rings. The van der Waals surface area contributed by atoms with Crippen molar-refractivity contribution in [3.05, 3.63) is 11.1 Å². The maximum atomic E-state index is 11.4. The van der Waals surface area contributed by atoms with E-state index in [0.29, 0.717) is 0 Å². The minimum Gasteiger partial charge on any atom is -0.476 e. The molecule has 78 valence electrons. The van der Waals surface area contributed by atoms with Crippen molar-refractivity contribution in [1.82, 2.24) is 0 Å². The molecule has 0 atom stereocenters. The molecule has 14 heavy (non-hydrogen) atoms. The molecule has 0 saturated heterocycles. The molecule has 5 nitrogen and oxygen atoms in total. The maximum Gasteiger partial charge on any atom is 0.366 e. The fourth-order valence-electron chi connectivity index (χ4n) is 0.881. The summed E-state index contributed by atoms with van der Waals surface area (Å²) in [6.45, 7) is 1.89. The molecule has 0 bridgehead atoms. The van der Waals surface area contributed by atoms with Gasteiger partial charge in [0.2, 0.25) is 14.9 Å². The smallest absolute Gasteiger partial charge is 0.366 e. The standard InChI is InChI=1S/C7H9NO4S2/c1-2-13-4-5-3-8-6(7(9)10)14(5,11)12/h3H,2,4H2,1H3,(H,9,10). The van der Waals surface area contributed by atoms with Crippen molar-refractivity contribution in [2.45, 2.75) is 6.92 Å². The number of thioether (sulfide) groups is 1. The van der Waals surface area contributed by atoms with Gasteiger partial charge in [0.15, 0.2) is 0 Å². The zero-order valence-corrected chi connectivity index (χ0v) is 9.06. The summed E-state index contributed by atoms with van der Waals surface area (Å²) in [5, 5.41) is 7.77. The summed E-state index contributed by atoms with van der Waals surface area (Å²) in [5.74, 6) is -0.452. The number of hydrogen-bond donors (Lipinski definition) is 1. The number of nitrogens with zero attached hydrogens (tertiary/aromatic N) is 1. The molecule has 1 aliphatic rings. The number of sulfone groups is 1. The van der Waals surface area contributed by atoms with Gasteiger partial charge in [0, 0.05) is 12.0 Å². The molecule has 0 saturated carbocycles. The second kappa shape index (κ2) is 4.14. The first-order valence-corrected chi connectivity index (χ1v) is 6.47. The number of aliphatic imine (C=N–C) groups is 1. The summed E-state index contributed by atoms with van der Waals surface area (Å²) in [5.41, 5.74) is 0. The Kier molecular flexibility index (Phi) is 3.33. The molecule has 1 N–H and O–H groups in total. The van der Waals surface area contributed by atoms with E-state index in [1.54, 1.807) is 0 Å². The summed E-state index contributed by atoms with van der Waals surface area (Å²) < 4.78 is 22.9. The topological polar surface area (TPSA) is 83.8 Å². The molecule has 1 rings (SSSR count). The lowest BCUT2D eigenvalue weighted by atomic mass is 10.7. The second-order valence-corrected chi connectivity index (χ2v) is 5.67. The quantitative estimate of drug-likeness (QED) is 0.766. The average Bonchev–Trinajstić information content (AvgIpc) is 2.37. The normalized spacial score (nSPS) is 18.9. The minimum atomic E-state index is -3.81. The zero-order valence-electron chi connectivity index (χ0n) is 7.43. The van der Waals surface area contributed by atoms with Crippen LogP contribution in [0.15, 0.2) is 16.1 Å². The van der Waals surface area contributed by atoms with E-state index < -0.39 is 20.9 Å². The number of carbonyl (C=O) groups is 1. The Bertz CT molecular complexity index is 407. The molecule has 0 aromatic heterocycles. The lowest BCUT2D eigenvalue weighted by Gasteiger charge is -2.00. The molecule has 0 unspecified atom stereocenters. The molecule has 1 aliphatic heterocycles. The Balaban J connectivity index is 2.86. The molecule has 7 heteroatoms. The third-order valence-corrected chi connectivity index (χ3v) is 4.39. The van der Waals surface area contributed by atoms with Crippen molar-refractivity contribution in [1.29, 1.82) is 0 Å². The Morgan fingerprint density at radius 3 is 2.71 bits per heavy atom. The van der Waals surface area contributed by atoms with Crippen LogP contribution < -0.4 is 0 Å². The van der Waals surface area contributed by atoms with Crippen LogP contribution in [-0.2, 0) is 14.6 Å². The van der Waals surface area contributed by atoms with Gasteiger partial charge in [0.1, 0.15) is 0 Å². The van der Waals surface area contributed by atoms with Gasteiger partial charge in [-0.05, 0) is 5.75 Å². The molecule has 0 radical (unpaired) electrons. The Hall–Kier alpha value is -0.820. The Morgan fingerprint density at radius 1 is 1.64 bits per heavy atom. The molecular formula is C7H9NO4S2. The van der Waals surface area contributed by atoms with E-state index in [1.807, 2.05) is 6.92 Å². The SMILES string of the molecule is CCSCC1=CN=C(C(=O)O)S1(=O)=O. The molecular weight excluding hydrogens is 226 g/mol. The van der Waals surface area contributed by atoms with Crippen LogP contribution in [0, 0.1) is 0 Å². The molecule has 0 spiro atoms. The van der Waals surface area contributed by atoms with Gasteiger partial charge in [-0.15, -0.1) is 0 Å². The lowest BCUT2D eigenvalue weighted by Crippen LogP contribution is -2.22. The third-order valence-electron chi connectivity index (χ3n) is 1.56. The van der Waals surface area contributed by atoms with Crippen molar-refractivity contribution in [2.75, 3.05) is 11.5 Å². The van der Waals surface area contributed by atoms with Gasteiger partial charge >= 0.3 is 5.97 Å². The van der Waals surface area contributed by atoms with Crippen molar-refractivity contribution in [3.8, 4) is 0 Å². The first-order chi connectivity index (χ1) is 6.50. The minimum absolute atomic E-state index is 0.0711. The van der Waals surface area contributed by atoms with Gasteiger partial charge in [0.05, 0.1) is 4.91 Å². The largest absolute Gasteiger partial charge is 0.476 e. The highest BCUT2D eigenvalue weighted by atomic mass is 32.2.